The highest BCUT2D eigenvalue weighted by atomic mass is 127. The lowest BCUT2D eigenvalue weighted by molar-refractivity contribution is -0.121. The molecule has 0 saturated carbocycles. The van der Waals surface area contributed by atoms with Gasteiger partial charge in [-0.1, -0.05) is 12.1 Å². The van der Waals surface area contributed by atoms with Gasteiger partial charge in [-0.15, -0.1) is 35.3 Å². The molecule has 1 amide bonds. The smallest absolute Gasteiger partial charge is 0.220 e. The molecule has 0 atom stereocenters. The van der Waals surface area contributed by atoms with Gasteiger partial charge < -0.3 is 20.0 Å². The second-order valence-corrected chi connectivity index (χ2v) is 8.49. The van der Waals surface area contributed by atoms with Crippen molar-refractivity contribution >= 4 is 57.4 Å². The van der Waals surface area contributed by atoms with Crippen LogP contribution in [0.3, 0.4) is 0 Å². The maximum absolute atomic E-state index is 11.6. The van der Waals surface area contributed by atoms with Crippen LogP contribution in [0, 0.1) is 5.92 Å². The molecule has 1 fully saturated rings. The first kappa shape index (κ1) is 23.5. The number of carbonyl (C=O) groups is 1. The number of halogens is 1. The summed E-state index contributed by atoms with van der Waals surface area (Å²) in [7, 11) is 3.49. The molecule has 31 heavy (non-hydrogen) atoms. The number of piperidine rings is 1. The zero-order chi connectivity index (χ0) is 20.9. The number of carbonyl (C=O) groups excluding carboxylic acids is 1. The lowest BCUT2D eigenvalue weighted by atomic mass is 9.93. The average molecular weight is 553 g/mol. The molecule has 9 heteroatoms. The Hall–Kier alpha value is -2.14. The molecule has 3 heterocycles. The molecule has 0 unspecified atom stereocenters. The highest BCUT2D eigenvalue weighted by Crippen LogP contribution is 2.31. The number of benzene rings is 1. The first-order valence-electron chi connectivity index (χ1n) is 10.3. The second-order valence-electron chi connectivity index (χ2n) is 7.46. The summed E-state index contributed by atoms with van der Waals surface area (Å²) in [5, 5.41) is 7.01. The van der Waals surface area contributed by atoms with Crippen molar-refractivity contribution in [2.75, 3.05) is 27.2 Å². The lowest BCUT2D eigenvalue weighted by Crippen LogP contribution is -2.45. The van der Waals surface area contributed by atoms with E-state index in [1.807, 2.05) is 30.3 Å². The van der Waals surface area contributed by atoms with Gasteiger partial charge in [-0.2, -0.15) is 0 Å². The van der Waals surface area contributed by atoms with Gasteiger partial charge in [0.2, 0.25) is 5.91 Å². The zero-order valence-electron chi connectivity index (χ0n) is 17.8. The number of furan rings is 1. The second kappa shape index (κ2) is 10.9. The highest BCUT2D eigenvalue weighted by molar-refractivity contribution is 14.0. The monoisotopic (exact) mass is 553 g/mol. The van der Waals surface area contributed by atoms with Crippen LogP contribution in [0.1, 0.15) is 25.0 Å². The molecule has 0 aliphatic carbocycles. The van der Waals surface area contributed by atoms with E-state index in [2.05, 4.69) is 31.6 Å². The van der Waals surface area contributed by atoms with Gasteiger partial charge in [0.25, 0.3) is 0 Å². The van der Waals surface area contributed by atoms with E-state index in [0.29, 0.717) is 18.9 Å². The number of guanidine groups is 1. The Kier molecular flexibility index (Phi) is 8.30. The minimum Gasteiger partial charge on any atom is -0.457 e. The van der Waals surface area contributed by atoms with E-state index in [0.717, 1.165) is 58.6 Å². The van der Waals surface area contributed by atoms with Gasteiger partial charge in [0.15, 0.2) is 16.7 Å². The number of rotatable bonds is 5. The zero-order valence-corrected chi connectivity index (χ0v) is 20.9. The number of fused-ring (bicyclic) bond motifs is 1. The lowest BCUT2D eigenvalue weighted by Gasteiger charge is -2.33. The summed E-state index contributed by atoms with van der Waals surface area (Å²) in [6.45, 7) is 2.36. The topological polar surface area (TPSA) is 82.8 Å². The van der Waals surface area contributed by atoms with Crippen molar-refractivity contribution in [2.45, 2.75) is 25.8 Å². The third-order valence-electron chi connectivity index (χ3n) is 5.47. The Morgan fingerprint density at radius 1 is 1.26 bits per heavy atom. The number of aromatic nitrogens is 1. The highest BCUT2D eigenvalue weighted by Gasteiger charge is 2.23. The van der Waals surface area contributed by atoms with Crippen LogP contribution in [0.15, 0.2) is 45.8 Å². The molecular formula is C22H28IN5O2S. The Labute approximate surface area is 203 Å². The first-order valence-corrected chi connectivity index (χ1v) is 11.1. The Morgan fingerprint density at radius 3 is 2.74 bits per heavy atom. The van der Waals surface area contributed by atoms with Gasteiger partial charge in [-0.05, 0) is 43.0 Å². The van der Waals surface area contributed by atoms with Crippen molar-refractivity contribution in [3.8, 4) is 10.8 Å². The van der Waals surface area contributed by atoms with Crippen LogP contribution in [0.5, 0.6) is 0 Å². The van der Waals surface area contributed by atoms with Crippen LogP contribution in [-0.2, 0) is 11.3 Å². The Balaban J connectivity index is 0.00000272. The van der Waals surface area contributed by atoms with Crippen molar-refractivity contribution in [3.05, 3.63) is 42.2 Å². The van der Waals surface area contributed by atoms with Gasteiger partial charge in [0.1, 0.15) is 5.76 Å². The third kappa shape index (κ3) is 5.76. The van der Waals surface area contributed by atoms with Gasteiger partial charge in [0.05, 0.1) is 16.8 Å². The number of thiazole rings is 1. The van der Waals surface area contributed by atoms with Crippen LogP contribution < -0.4 is 10.6 Å². The number of aliphatic imine (C=N–C) groups is 1. The number of amides is 1. The summed E-state index contributed by atoms with van der Waals surface area (Å²) in [6, 6.07) is 12.1. The number of hydrogen-bond acceptors (Lipinski definition) is 5. The minimum absolute atomic E-state index is 0. The van der Waals surface area contributed by atoms with Gasteiger partial charge in [-0.3, -0.25) is 9.79 Å². The van der Waals surface area contributed by atoms with Crippen molar-refractivity contribution in [1.29, 1.82) is 0 Å². The predicted octanol–water partition coefficient (Wildman–Crippen LogP) is 4.10. The summed E-state index contributed by atoms with van der Waals surface area (Å²) < 4.78 is 7.18. The van der Waals surface area contributed by atoms with Crippen LogP contribution in [0.4, 0.5) is 0 Å². The predicted molar refractivity (Wildman–Crippen MR) is 136 cm³/mol. The molecule has 1 aliphatic heterocycles. The molecule has 2 aromatic heterocycles. The number of nitrogens with zero attached hydrogens (tertiary/aromatic N) is 3. The number of likely N-dealkylation sites (tertiary alicyclic amines) is 1. The van der Waals surface area contributed by atoms with E-state index in [1.165, 1.54) is 0 Å². The van der Waals surface area contributed by atoms with E-state index in [1.54, 1.807) is 25.4 Å². The molecule has 7 nitrogen and oxygen atoms in total. The summed E-state index contributed by atoms with van der Waals surface area (Å²) in [4.78, 5) is 22.9. The molecule has 0 spiro atoms. The standard InChI is InChI=1S/C22H27N5O2S.HI/c1-23-20(28)13-15-9-11-27(12-10-15)22(24-2)25-14-16-7-8-18(29-16)21-26-17-5-3-4-6-19(17)30-21;/h3-8,15H,9-14H2,1-2H3,(H,23,28)(H,24,25);1H. The summed E-state index contributed by atoms with van der Waals surface area (Å²) in [5.41, 5.74) is 0.994. The van der Waals surface area contributed by atoms with E-state index in [9.17, 15) is 4.79 Å². The van der Waals surface area contributed by atoms with E-state index < -0.39 is 0 Å². The van der Waals surface area contributed by atoms with Crippen molar-refractivity contribution < 1.29 is 9.21 Å². The van der Waals surface area contributed by atoms with Crippen molar-refractivity contribution in [2.24, 2.45) is 10.9 Å². The van der Waals surface area contributed by atoms with Gasteiger partial charge >= 0.3 is 0 Å². The van der Waals surface area contributed by atoms with E-state index in [-0.39, 0.29) is 29.9 Å². The normalized spacial score (nSPS) is 15.0. The summed E-state index contributed by atoms with van der Waals surface area (Å²) in [6.07, 6.45) is 2.60. The molecule has 1 aromatic carbocycles. The molecule has 4 rings (SSSR count). The maximum Gasteiger partial charge on any atom is 0.220 e. The third-order valence-corrected chi connectivity index (χ3v) is 6.52. The van der Waals surface area contributed by atoms with E-state index in [4.69, 9.17) is 4.42 Å². The maximum atomic E-state index is 11.6. The van der Waals surface area contributed by atoms with Crippen LogP contribution in [0.25, 0.3) is 21.0 Å². The van der Waals surface area contributed by atoms with Crippen LogP contribution in [0.2, 0.25) is 0 Å². The molecule has 0 radical (unpaired) electrons. The summed E-state index contributed by atoms with van der Waals surface area (Å²) in [5.74, 6) is 3.07. The molecular weight excluding hydrogens is 525 g/mol. The minimum atomic E-state index is 0. The molecule has 3 aromatic rings. The van der Waals surface area contributed by atoms with Gasteiger partial charge in [-0.25, -0.2) is 4.98 Å². The van der Waals surface area contributed by atoms with Crippen molar-refractivity contribution in [1.82, 2.24) is 20.5 Å². The molecule has 2 N–H and O–H groups in total. The quantitative estimate of drug-likeness (QED) is 0.283. The fraction of sp³-hybridized carbons (Fsp3) is 0.409. The Morgan fingerprint density at radius 2 is 2.03 bits per heavy atom. The van der Waals surface area contributed by atoms with Crippen LogP contribution in [-0.4, -0.2) is 48.9 Å². The van der Waals surface area contributed by atoms with Crippen molar-refractivity contribution in [3.63, 3.8) is 0 Å². The molecule has 1 saturated heterocycles. The molecule has 166 valence electrons. The van der Waals surface area contributed by atoms with E-state index >= 15 is 0 Å². The SMILES string of the molecule is CN=C(NCc1ccc(-c2nc3ccccc3s2)o1)N1CCC(CC(=O)NC)CC1.I. The first-order chi connectivity index (χ1) is 14.7. The largest absolute Gasteiger partial charge is 0.457 e. The fourth-order valence-electron chi connectivity index (χ4n) is 3.78. The molecule has 1 aliphatic rings. The summed E-state index contributed by atoms with van der Waals surface area (Å²) >= 11 is 1.64. The molecule has 0 bridgehead atoms. The fourth-order valence-corrected chi connectivity index (χ4v) is 4.70. The number of hydrogen-bond donors (Lipinski definition) is 2. The van der Waals surface area contributed by atoms with Gasteiger partial charge in [0, 0.05) is 33.6 Å². The average Bonchev–Trinajstić information content (AvgIpc) is 3.42. The Bertz CT molecular complexity index is 1010. The van der Waals surface area contributed by atoms with Crippen LogP contribution >= 0.6 is 35.3 Å². The number of para-hydroxylation sites is 1. The number of nitrogens with one attached hydrogen (secondary N) is 2.